The molecule has 0 amide bonds. The quantitative estimate of drug-likeness (QED) is 0.857. The van der Waals surface area contributed by atoms with Crippen molar-refractivity contribution in [3.8, 4) is 0 Å². The number of nitrogens with zero attached hydrogens (tertiary/aromatic N) is 1. The number of rotatable bonds is 5. The van der Waals surface area contributed by atoms with Crippen molar-refractivity contribution in [3.05, 3.63) is 58.8 Å². The SMILES string of the molecule is Cc1ccc([C@@H]2CCCC(CNc3nccc(C(=O)O)c3C)O2)cc1. The van der Waals surface area contributed by atoms with Crippen molar-refractivity contribution in [2.24, 2.45) is 0 Å². The second kappa shape index (κ2) is 7.66. The average molecular weight is 340 g/mol. The third-order valence-electron chi connectivity index (χ3n) is 4.73. The molecule has 3 rings (SSSR count). The average Bonchev–Trinajstić information content (AvgIpc) is 2.61. The van der Waals surface area contributed by atoms with E-state index in [0.29, 0.717) is 17.9 Å². The molecular formula is C20H24N2O3. The van der Waals surface area contributed by atoms with Crippen LogP contribution in [0.4, 0.5) is 5.82 Å². The molecule has 0 saturated carbocycles. The summed E-state index contributed by atoms with van der Waals surface area (Å²) in [5, 5.41) is 12.5. The number of anilines is 1. The fraction of sp³-hybridized carbons (Fsp3) is 0.400. The predicted molar refractivity (Wildman–Crippen MR) is 97.1 cm³/mol. The number of hydrogen-bond donors (Lipinski definition) is 2. The molecule has 5 heteroatoms. The summed E-state index contributed by atoms with van der Waals surface area (Å²) >= 11 is 0. The van der Waals surface area contributed by atoms with Gasteiger partial charge in [0.2, 0.25) is 0 Å². The lowest BCUT2D eigenvalue weighted by atomic mass is 9.97. The van der Waals surface area contributed by atoms with Gasteiger partial charge in [-0.2, -0.15) is 0 Å². The fourth-order valence-corrected chi connectivity index (χ4v) is 3.23. The van der Waals surface area contributed by atoms with Gasteiger partial charge in [-0.1, -0.05) is 29.8 Å². The number of benzene rings is 1. The molecule has 0 bridgehead atoms. The first-order valence-corrected chi connectivity index (χ1v) is 8.69. The van der Waals surface area contributed by atoms with E-state index in [-0.39, 0.29) is 17.8 Å². The Hall–Kier alpha value is -2.40. The third kappa shape index (κ3) is 4.17. The maximum atomic E-state index is 11.2. The van der Waals surface area contributed by atoms with Gasteiger partial charge in [0.05, 0.1) is 17.8 Å². The molecule has 25 heavy (non-hydrogen) atoms. The molecule has 2 aromatic rings. The Morgan fingerprint density at radius 3 is 2.72 bits per heavy atom. The van der Waals surface area contributed by atoms with Gasteiger partial charge in [-0.15, -0.1) is 0 Å². The Kier molecular flexibility index (Phi) is 5.34. The Labute approximate surface area is 148 Å². The van der Waals surface area contributed by atoms with Gasteiger partial charge >= 0.3 is 5.97 Å². The highest BCUT2D eigenvalue weighted by Gasteiger charge is 2.24. The molecule has 5 nitrogen and oxygen atoms in total. The normalized spacial score (nSPS) is 20.2. The van der Waals surface area contributed by atoms with E-state index < -0.39 is 5.97 Å². The van der Waals surface area contributed by atoms with Gasteiger partial charge in [-0.3, -0.25) is 0 Å². The van der Waals surface area contributed by atoms with Crippen LogP contribution in [0.5, 0.6) is 0 Å². The number of pyridine rings is 1. The van der Waals surface area contributed by atoms with Crippen LogP contribution in [-0.2, 0) is 4.74 Å². The minimum Gasteiger partial charge on any atom is -0.478 e. The number of carbonyl (C=O) groups is 1. The lowest BCUT2D eigenvalue weighted by Gasteiger charge is -2.31. The molecule has 0 aliphatic carbocycles. The second-order valence-corrected chi connectivity index (χ2v) is 6.61. The van der Waals surface area contributed by atoms with E-state index in [2.05, 4.69) is 41.5 Å². The Morgan fingerprint density at radius 2 is 2.00 bits per heavy atom. The molecule has 1 aromatic heterocycles. The van der Waals surface area contributed by atoms with E-state index in [4.69, 9.17) is 4.74 Å². The lowest BCUT2D eigenvalue weighted by Crippen LogP contribution is -2.29. The Morgan fingerprint density at radius 1 is 1.24 bits per heavy atom. The van der Waals surface area contributed by atoms with Crippen molar-refractivity contribution in [2.45, 2.75) is 45.3 Å². The van der Waals surface area contributed by atoms with Crippen LogP contribution in [0.15, 0.2) is 36.5 Å². The number of hydrogen-bond acceptors (Lipinski definition) is 4. The fourth-order valence-electron chi connectivity index (χ4n) is 3.23. The van der Waals surface area contributed by atoms with Crippen LogP contribution in [-0.4, -0.2) is 28.7 Å². The van der Waals surface area contributed by atoms with Crippen molar-refractivity contribution >= 4 is 11.8 Å². The summed E-state index contributed by atoms with van der Waals surface area (Å²) in [7, 11) is 0. The summed E-state index contributed by atoms with van der Waals surface area (Å²) in [5.41, 5.74) is 3.40. The van der Waals surface area contributed by atoms with Crippen LogP contribution >= 0.6 is 0 Å². The Balaban J connectivity index is 1.63. The van der Waals surface area contributed by atoms with Crippen LogP contribution in [0.2, 0.25) is 0 Å². The van der Waals surface area contributed by atoms with E-state index in [1.807, 2.05) is 0 Å². The van der Waals surface area contributed by atoms with Gasteiger partial charge in [0, 0.05) is 18.3 Å². The highest BCUT2D eigenvalue weighted by molar-refractivity contribution is 5.90. The van der Waals surface area contributed by atoms with Gasteiger partial charge in [-0.25, -0.2) is 9.78 Å². The Bertz CT molecular complexity index is 743. The molecule has 1 unspecified atom stereocenters. The number of carboxylic acid groups (broad SMARTS) is 1. The van der Waals surface area contributed by atoms with E-state index in [0.717, 1.165) is 19.3 Å². The highest BCUT2D eigenvalue weighted by atomic mass is 16.5. The number of nitrogens with one attached hydrogen (secondary N) is 1. The highest BCUT2D eigenvalue weighted by Crippen LogP contribution is 2.31. The van der Waals surface area contributed by atoms with Crippen molar-refractivity contribution in [2.75, 3.05) is 11.9 Å². The topological polar surface area (TPSA) is 71.5 Å². The van der Waals surface area contributed by atoms with E-state index in [1.165, 1.54) is 23.4 Å². The molecule has 1 fully saturated rings. The number of aromatic nitrogens is 1. The number of ether oxygens (including phenoxy) is 1. The molecule has 1 saturated heterocycles. The van der Waals surface area contributed by atoms with Crippen molar-refractivity contribution < 1.29 is 14.6 Å². The van der Waals surface area contributed by atoms with Gasteiger partial charge in [-0.05, 0) is 44.7 Å². The number of carboxylic acids is 1. The van der Waals surface area contributed by atoms with Crippen LogP contribution in [0, 0.1) is 13.8 Å². The zero-order chi connectivity index (χ0) is 17.8. The van der Waals surface area contributed by atoms with E-state index in [9.17, 15) is 9.90 Å². The summed E-state index contributed by atoms with van der Waals surface area (Å²) in [5.74, 6) is -0.322. The van der Waals surface area contributed by atoms with Gasteiger partial charge in [0.15, 0.2) is 0 Å². The summed E-state index contributed by atoms with van der Waals surface area (Å²) in [6, 6.07) is 10.0. The van der Waals surface area contributed by atoms with Crippen molar-refractivity contribution in [1.29, 1.82) is 0 Å². The van der Waals surface area contributed by atoms with Crippen LogP contribution in [0.1, 0.15) is 52.4 Å². The number of aryl methyl sites for hydroxylation is 1. The summed E-state index contributed by atoms with van der Waals surface area (Å²) in [4.78, 5) is 15.5. The molecule has 2 N–H and O–H groups in total. The first kappa shape index (κ1) is 17.4. The minimum absolute atomic E-state index is 0.0923. The second-order valence-electron chi connectivity index (χ2n) is 6.61. The molecule has 0 spiro atoms. The standard InChI is InChI=1S/C20H24N2O3/c1-13-6-8-15(9-7-13)18-5-3-4-16(25-18)12-22-19-14(2)17(20(23)24)10-11-21-19/h6-11,16,18H,3-5,12H2,1-2H3,(H,21,22)(H,23,24)/t16?,18-/m0/s1. The molecule has 132 valence electrons. The van der Waals surface area contributed by atoms with Gasteiger partial charge in [0.25, 0.3) is 0 Å². The van der Waals surface area contributed by atoms with Crippen LogP contribution < -0.4 is 5.32 Å². The largest absolute Gasteiger partial charge is 0.478 e. The van der Waals surface area contributed by atoms with Crippen molar-refractivity contribution in [3.63, 3.8) is 0 Å². The lowest BCUT2D eigenvalue weighted by molar-refractivity contribution is -0.0442. The summed E-state index contributed by atoms with van der Waals surface area (Å²) in [6.07, 6.45) is 4.88. The van der Waals surface area contributed by atoms with Crippen molar-refractivity contribution in [1.82, 2.24) is 4.98 Å². The van der Waals surface area contributed by atoms with E-state index >= 15 is 0 Å². The molecular weight excluding hydrogens is 316 g/mol. The first-order chi connectivity index (χ1) is 12.0. The molecule has 1 aliphatic rings. The molecule has 0 radical (unpaired) electrons. The monoisotopic (exact) mass is 340 g/mol. The predicted octanol–water partition coefficient (Wildman–Crippen LogP) is 4.12. The minimum atomic E-state index is -0.934. The summed E-state index contributed by atoms with van der Waals surface area (Å²) in [6.45, 7) is 4.48. The van der Waals surface area contributed by atoms with Gasteiger partial charge in [0.1, 0.15) is 5.82 Å². The molecule has 1 aliphatic heterocycles. The molecule has 2 heterocycles. The number of aromatic carboxylic acids is 1. The smallest absolute Gasteiger partial charge is 0.336 e. The maximum absolute atomic E-state index is 11.2. The zero-order valence-electron chi connectivity index (χ0n) is 14.7. The molecule has 1 aromatic carbocycles. The van der Waals surface area contributed by atoms with Crippen LogP contribution in [0.3, 0.4) is 0 Å². The summed E-state index contributed by atoms with van der Waals surface area (Å²) < 4.78 is 6.25. The first-order valence-electron chi connectivity index (χ1n) is 8.69. The van der Waals surface area contributed by atoms with Gasteiger partial charge < -0.3 is 15.2 Å². The molecule has 2 atom stereocenters. The third-order valence-corrected chi connectivity index (χ3v) is 4.73. The van der Waals surface area contributed by atoms with Crippen LogP contribution in [0.25, 0.3) is 0 Å². The zero-order valence-corrected chi connectivity index (χ0v) is 14.7. The maximum Gasteiger partial charge on any atom is 0.336 e. The van der Waals surface area contributed by atoms with E-state index in [1.54, 1.807) is 6.92 Å².